The van der Waals surface area contributed by atoms with Gasteiger partial charge < -0.3 is 8.83 Å². The van der Waals surface area contributed by atoms with E-state index in [2.05, 4.69) is 9.82 Å². The number of hydrogen-bond donors (Lipinski definition) is 1. The fraction of sp³-hybridized carbons (Fsp3) is 0.267. The van der Waals surface area contributed by atoms with Gasteiger partial charge in [0.15, 0.2) is 11.5 Å². The van der Waals surface area contributed by atoms with E-state index < -0.39 is 15.8 Å². The minimum absolute atomic E-state index is 0.00604. The Balaban J connectivity index is 1.65. The Morgan fingerprint density at radius 1 is 1.35 bits per heavy atom. The largest absolute Gasteiger partial charge is 0.459 e. The quantitative estimate of drug-likeness (QED) is 0.565. The van der Waals surface area contributed by atoms with Crippen molar-refractivity contribution < 1.29 is 22.0 Å². The summed E-state index contributed by atoms with van der Waals surface area (Å²) in [5.41, 5.74) is 0. The molecule has 11 heteroatoms. The van der Waals surface area contributed by atoms with Crippen molar-refractivity contribution in [2.45, 2.75) is 13.0 Å². The van der Waals surface area contributed by atoms with Crippen LogP contribution in [0.25, 0.3) is 11.7 Å². The van der Waals surface area contributed by atoms with Gasteiger partial charge in [-0.3, -0.25) is 4.79 Å². The van der Waals surface area contributed by atoms with Gasteiger partial charge in [-0.15, -0.1) is 16.4 Å². The molecular formula is C15H15N3O6S2. The molecule has 26 heavy (non-hydrogen) atoms. The zero-order chi connectivity index (χ0) is 18.7. The second-order valence-electron chi connectivity index (χ2n) is 5.41. The number of Topliss-reactive ketones (excluding diaryl/α,β-unsaturated/α-hetero) is 1. The topological polar surface area (TPSA) is 124 Å². The van der Waals surface area contributed by atoms with Gasteiger partial charge >= 0.3 is 5.76 Å². The summed E-state index contributed by atoms with van der Waals surface area (Å²) in [6.45, 7) is -0.00713. The maximum absolute atomic E-state index is 12.3. The van der Waals surface area contributed by atoms with Crippen LogP contribution in [0.1, 0.15) is 14.5 Å². The Labute approximate surface area is 152 Å². The van der Waals surface area contributed by atoms with Crippen molar-refractivity contribution in [1.82, 2.24) is 14.5 Å². The van der Waals surface area contributed by atoms with E-state index in [1.807, 2.05) is 0 Å². The average Bonchev–Trinajstić information content (AvgIpc) is 3.27. The summed E-state index contributed by atoms with van der Waals surface area (Å²) in [6, 6.07) is 6.61. The van der Waals surface area contributed by atoms with Crippen molar-refractivity contribution in [3.05, 3.63) is 50.8 Å². The first kappa shape index (κ1) is 18.3. The highest BCUT2D eigenvalue weighted by Crippen LogP contribution is 2.19. The van der Waals surface area contributed by atoms with E-state index in [1.165, 1.54) is 17.6 Å². The van der Waals surface area contributed by atoms with Crippen LogP contribution in [0, 0.1) is 0 Å². The molecule has 0 saturated heterocycles. The number of nitrogens with one attached hydrogen (secondary N) is 1. The van der Waals surface area contributed by atoms with E-state index in [0.717, 1.165) is 15.8 Å². The SMILES string of the molecule is CS(=O)(=O)NCCc1ccc(C(=O)Cn2nc(-c3ccco3)oc2=O)s1. The number of thiophene rings is 1. The Morgan fingerprint density at radius 2 is 2.15 bits per heavy atom. The molecule has 138 valence electrons. The van der Waals surface area contributed by atoms with Crippen LogP contribution >= 0.6 is 11.3 Å². The third kappa shape index (κ3) is 4.56. The van der Waals surface area contributed by atoms with Gasteiger partial charge in [0.05, 0.1) is 17.4 Å². The molecule has 0 atom stereocenters. The van der Waals surface area contributed by atoms with Crippen LogP contribution in [0.15, 0.2) is 44.2 Å². The molecule has 0 saturated carbocycles. The van der Waals surface area contributed by atoms with Gasteiger partial charge in [-0.1, -0.05) is 0 Å². The lowest BCUT2D eigenvalue weighted by Gasteiger charge is -1.99. The van der Waals surface area contributed by atoms with Gasteiger partial charge in [0, 0.05) is 11.4 Å². The number of nitrogens with zero attached hydrogens (tertiary/aromatic N) is 2. The number of sulfonamides is 1. The molecule has 0 aliphatic heterocycles. The summed E-state index contributed by atoms with van der Waals surface area (Å²) in [6.07, 6.45) is 2.98. The van der Waals surface area contributed by atoms with Crippen molar-refractivity contribution in [2.24, 2.45) is 0 Å². The Bertz CT molecular complexity index is 1060. The van der Waals surface area contributed by atoms with Crippen molar-refractivity contribution in [1.29, 1.82) is 0 Å². The van der Waals surface area contributed by atoms with E-state index in [1.54, 1.807) is 24.3 Å². The lowest BCUT2D eigenvalue weighted by Crippen LogP contribution is -2.24. The molecule has 3 aromatic heterocycles. The lowest BCUT2D eigenvalue weighted by molar-refractivity contribution is 0.0969. The summed E-state index contributed by atoms with van der Waals surface area (Å²) < 4.78 is 35.5. The van der Waals surface area contributed by atoms with Gasteiger partial charge in [-0.25, -0.2) is 17.9 Å². The Morgan fingerprint density at radius 3 is 2.85 bits per heavy atom. The molecule has 0 radical (unpaired) electrons. The first-order valence-corrected chi connectivity index (χ1v) is 10.2. The highest BCUT2D eigenvalue weighted by molar-refractivity contribution is 7.88. The molecule has 3 heterocycles. The number of rotatable bonds is 8. The first-order valence-electron chi connectivity index (χ1n) is 7.50. The summed E-state index contributed by atoms with van der Waals surface area (Å²) in [4.78, 5) is 25.5. The van der Waals surface area contributed by atoms with Crippen LogP contribution in [0.5, 0.6) is 0 Å². The number of aromatic nitrogens is 2. The van der Waals surface area contributed by atoms with Crippen LogP contribution in [0.2, 0.25) is 0 Å². The van der Waals surface area contributed by atoms with Gasteiger partial charge in [0.2, 0.25) is 10.0 Å². The van der Waals surface area contributed by atoms with Gasteiger partial charge in [-0.05, 0) is 30.7 Å². The zero-order valence-corrected chi connectivity index (χ0v) is 15.3. The third-order valence-corrected chi connectivity index (χ3v) is 5.22. The smallest absolute Gasteiger partial charge is 0.437 e. The van der Waals surface area contributed by atoms with E-state index in [0.29, 0.717) is 17.1 Å². The summed E-state index contributed by atoms with van der Waals surface area (Å²) in [7, 11) is -3.24. The van der Waals surface area contributed by atoms with E-state index in [9.17, 15) is 18.0 Å². The molecule has 3 rings (SSSR count). The molecule has 0 aromatic carbocycles. The molecule has 0 fully saturated rings. The van der Waals surface area contributed by atoms with Crippen LogP contribution < -0.4 is 10.5 Å². The van der Waals surface area contributed by atoms with E-state index in [4.69, 9.17) is 8.83 Å². The molecule has 0 bridgehead atoms. The van der Waals surface area contributed by atoms with Gasteiger partial charge in [0.25, 0.3) is 5.89 Å². The second-order valence-corrected chi connectivity index (χ2v) is 8.42. The van der Waals surface area contributed by atoms with E-state index >= 15 is 0 Å². The predicted molar refractivity (Wildman–Crippen MR) is 93.7 cm³/mol. The van der Waals surface area contributed by atoms with Crippen LogP contribution in [0.3, 0.4) is 0 Å². The number of carbonyl (C=O) groups is 1. The fourth-order valence-electron chi connectivity index (χ4n) is 2.14. The van der Waals surface area contributed by atoms with E-state index in [-0.39, 0.29) is 24.8 Å². The van der Waals surface area contributed by atoms with Crippen molar-refractivity contribution >= 4 is 27.1 Å². The summed E-state index contributed by atoms with van der Waals surface area (Å²) in [5.74, 6) is -0.741. The number of ketones is 1. The second kappa shape index (κ2) is 7.40. The molecule has 0 amide bonds. The molecule has 0 unspecified atom stereocenters. The predicted octanol–water partition coefficient (Wildman–Crippen LogP) is 1.13. The molecular weight excluding hydrogens is 382 g/mol. The van der Waals surface area contributed by atoms with Crippen molar-refractivity contribution in [2.75, 3.05) is 12.8 Å². The maximum atomic E-state index is 12.3. The van der Waals surface area contributed by atoms with Crippen LogP contribution in [-0.4, -0.2) is 36.8 Å². The zero-order valence-electron chi connectivity index (χ0n) is 13.7. The fourth-order valence-corrected chi connectivity index (χ4v) is 3.55. The van der Waals surface area contributed by atoms with Crippen LogP contribution in [-0.2, 0) is 23.0 Å². The molecule has 1 N–H and O–H groups in total. The monoisotopic (exact) mass is 397 g/mol. The standard InChI is InChI=1S/C15H15N3O6S2/c1-26(21,22)16-7-6-10-4-5-13(25-10)11(19)9-18-15(20)24-14(17-18)12-3-2-8-23-12/h2-5,8,16H,6-7,9H2,1H3. The highest BCUT2D eigenvalue weighted by Gasteiger charge is 2.17. The summed E-state index contributed by atoms with van der Waals surface area (Å²) >= 11 is 1.24. The highest BCUT2D eigenvalue weighted by atomic mass is 32.2. The molecule has 0 spiro atoms. The number of hydrogen-bond acceptors (Lipinski definition) is 8. The maximum Gasteiger partial charge on any atom is 0.437 e. The number of furan rings is 1. The molecule has 0 aliphatic rings. The molecule has 0 aliphatic carbocycles. The summed E-state index contributed by atoms with van der Waals surface area (Å²) in [5, 5.41) is 3.95. The van der Waals surface area contributed by atoms with Crippen LogP contribution in [0.4, 0.5) is 0 Å². The minimum Gasteiger partial charge on any atom is -0.459 e. The van der Waals surface area contributed by atoms with Crippen molar-refractivity contribution in [3.63, 3.8) is 0 Å². The first-order chi connectivity index (χ1) is 12.3. The molecule has 3 aromatic rings. The van der Waals surface area contributed by atoms with Gasteiger partial charge in [-0.2, -0.15) is 4.68 Å². The number of carbonyl (C=O) groups excluding carboxylic acids is 1. The normalized spacial score (nSPS) is 11.7. The minimum atomic E-state index is -3.24. The third-order valence-electron chi connectivity index (χ3n) is 3.30. The lowest BCUT2D eigenvalue weighted by atomic mass is 10.3. The Kier molecular flexibility index (Phi) is 5.20. The van der Waals surface area contributed by atoms with Crippen molar-refractivity contribution in [3.8, 4) is 11.7 Å². The molecule has 9 nitrogen and oxygen atoms in total. The van der Waals surface area contributed by atoms with Gasteiger partial charge in [0.1, 0.15) is 6.54 Å². The average molecular weight is 397 g/mol. The Hall–Kier alpha value is -2.50.